The number of nitrogens with two attached hydrogens (primary N) is 1. The summed E-state index contributed by atoms with van der Waals surface area (Å²) < 4.78 is 5.13. The van der Waals surface area contributed by atoms with Gasteiger partial charge in [-0.3, -0.25) is 0 Å². The van der Waals surface area contributed by atoms with Gasteiger partial charge in [0.25, 0.3) is 0 Å². The Labute approximate surface area is 89.7 Å². The highest BCUT2D eigenvalue weighted by Gasteiger charge is 2.12. The van der Waals surface area contributed by atoms with E-state index in [0.717, 1.165) is 6.21 Å². The number of methoxy groups -OCH3 is 1. The van der Waals surface area contributed by atoms with Crippen molar-refractivity contribution in [3.63, 3.8) is 0 Å². The van der Waals surface area contributed by atoms with Crippen LogP contribution in [-0.4, -0.2) is 19.3 Å². The van der Waals surface area contributed by atoms with Crippen LogP contribution in [0.15, 0.2) is 16.6 Å². The molecule has 0 amide bonds. The number of carbonyl (C=O) groups excluding carboxylic acids is 1. The number of benzene rings is 1. The van der Waals surface area contributed by atoms with E-state index < -0.39 is 5.97 Å². The van der Waals surface area contributed by atoms with Crippen molar-refractivity contribution in [2.24, 2.45) is 0 Å². The molecule has 14 heavy (non-hydrogen) atoms. The zero-order valence-electron chi connectivity index (χ0n) is 7.50. The van der Waals surface area contributed by atoms with Gasteiger partial charge in [0.05, 0.1) is 12.7 Å². The van der Waals surface area contributed by atoms with Crippen LogP contribution < -0.4 is 5.73 Å². The predicted octanol–water partition coefficient (Wildman–Crippen LogP) is 1.82. The fourth-order valence-corrected chi connectivity index (χ4v) is 1.52. The van der Waals surface area contributed by atoms with E-state index in [2.05, 4.69) is 20.7 Å². The fourth-order valence-electron chi connectivity index (χ4n) is 0.997. The summed E-state index contributed by atoms with van der Waals surface area (Å²) in [5.41, 5.74) is 6.91. The van der Waals surface area contributed by atoms with E-state index in [1.807, 2.05) is 0 Å². The highest BCUT2D eigenvalue weighted by Crippen LogP contribution is 2.23. The summed E-state index contributed by atoms with van der Waals surface area (Å²) in [6.07, 6.45) is 1.13. The summed E-state index contributed by atoms with van der Waals surface area (Å²) >= 11 is 3.20. The first-order valence-corrected chi connectivity index (χ1v) is 4.57. The molecule has 0 unspecified atom stereocenters. The number of ether oxygens (including phenoxy) is 1. The van der Waals surface area contributed by atoms with E-state index in [1.165, 1.54) is 13.2 Å². The lowest BCUT2D eigenvalue weighted by Crippen LogP contribution is -2.05. The van der Waals surface area contributed by atoms with Crippen LogP contribution in [0.1, 0.15) is 15.9 Å². The lowest BCUT2D eigenvalue weighted by molar-refractivity contribution is 0.0600. The van der Waals surface area contributed by atoms with Crippen molar-refractivity contribution in [1.29, 1.82) is 5.41 Å². The van der Waals surface area contributed by atoms with Crippen molar-refractivity contribution in [3.05, 3.63) is 27.7 Å². The van der Waals surface area contributed by atoms with Crippen molar-refractivity contribution < 1.29 is 9.53 Å². The Bertz CT molecular complexity index is 391. The quantitative estimate of drug-likeness (QED) is 0.482. The van der Waals surface area contributed by atoms with Gasteiger partial charge in [-0.25, -0.2) is 4.79 Å². The SMILES string of the molecule is COC(=O)c1cc(N)c(C=N)cc1Br. The van der Waals surface area contributed by atoms with Crippen LogP contribution >= 0.6 is 15.9 Å². The molecule has 4 nitrogen and oxygen atoms in total. The number of nitrogens with one attached hydrogen (secondary N) is 1. The Morgan fingerprint density at radius 3 is 2.79 bits per heavy atom. The van der Waals surface area contributed by atoms with Crippen molar-refractivity contribution in [3.8, 4) is 0 Å². The van der Waals surface area contributed by atoms with Gasteiger partial charge in [0.2, 0.25) is 0 Å². The summed E-state index contributed by atoms with van der Waals surface area (Å²) in [7, 11) is 1.30. The second-order valence-electron chi connectivity index (χ2n) is 2.60. The van der Waals surface area contributed by atoms with E-state index in [9.17, 15) is 4.79 Å². The van der Waals surface area contributed by atoms with Gasteiger partial charge in [-0.1, -0.05) is 0 Å². The highest BCUT2D eigenvalue weighted by molar-refractivity contribution is 9.10. The maximum absolute atomic E-state index is 11.2. The second-order valence-corrected chi connectivity index (χ2v) is 3.45. The van der Waals surface area contributed by atoms with Gasteiger partial charge in [-0.15, -0.1) is 0 Å². The molecule has 1 aromatic carbocycles. The van der Waals surface area contributed by atoms with E-state index in [1.54, 1.807) is 6.07 Å². The van der Waals surface area contributed by atoms with Gasteiger partial charge in [0.15, 0.2) is 0 Å². The standard InChI is InChI=1S/C9H9BrN2O2/c1-14-9(13)6-3-8(12)5(4-11)2-7(6)10/h2-4,11H,12H2,1H3. The third kappa shape index (κ3) is 1.93. The molecule has 0 aromatic heterocycles. The fraction of sp³-hybridized carbons (Fsp3) is 0.111. The molecule has 74 valence electrons. The maximum Gasteiger partial charge on any atom is 0.339 e. The van der Waals surface area contributed by atoms with Crippen LogP contribution in [0.4, 0.5) is 5.69 Å². The topological polar surface area (TPSA) is 76.2 Å². The first-order valence-electron chi connectivity index (χ1n) is 3.78. The Morgan fingerprint density at radius 2 is 2.29 bits per heavy atom. The van der Waals surface area contributed by atoms with Gasteiger partial charge in [0, 0.05) is 21.9 Å². The first-order chi connectivity index (χ1) is 6.60. The number of esters is 1. The molecular formula is C9H9BrN2O2. The van der Waals surface area contributed by atoms with Crippen molar-refractivity contribution in [1.82, 2.24) is 0 Å². The van der Waals surface area contributed by atoms with Crippen LogP contribution in [0.2, 0.25) is 0 Å². The number of hydrogen-bond acceptors (Lipinski definition) is 4. The van der Waals surface area contributed by atoms with Crippen LogP contribution in [0.25, 0.3) is 0 Å². The molecule has 0 aliphatic rings. The van der Waals surface area contributed by atoms with E-state index >= 15 is 0 Å². The van der Waals surface area contributed by atoms with Crippen LogP contribution in [0.3, 0.4) is 0 Å². The third-order valence-electron chi connectivity index (χ3n) is 1.73. The van der Waals surface area contributed by atoms with Crippen molar-refractivity contribution in [2.45, 2.75) is 0 Å². The van der Waals surface area contributed by atoms with Crippen LogP contribution in [0.5, 0.6) is 0 Å². The largest absolute Gasteiger partial charge is 0.465 e. The average Bonchev–Trinajstić information content (AvgIpc) is 2.19. The zero-order valence-corrected chi connectivity index (χ0v) is 9.09. The van der Waals surface area contributed by atoms with Crippen LogP contribution in [-0.2, 0) is 4.74 Å². The molecule has 0 radical (unpaired) electrons. The Morgan fingerprint density at radius 1 is 1.64 bits per heavy atom. The summed E-state index contributed by atoms with van der Waals surface area (Å²) in [5, 5.41) is 7.06. The van der Waals surface area contributed by atoms with E-state index in [-0.39, 0.29) is 0 Å². The normalized spacial score (nSPS) is 9.57. The van der Waals surface area contributed by atoms with Gasteiger partial charge in [-0.05, 0) is 28.1 Å². The molecule has 0 saturated carbocycles. The predicted molar refractivity (Wildman–Crippen MR) is 57.8 cm³/mol. The number of carbonyl (C=O) groups is 1. The van der Waals surface area contributed by atoms with Gasteiger partial charge >= 0.3 is 5.97 Å². The van der Waals surface area contributed by atoms with Gasteiger partial charge < -0.3 is 15.9 Å². The smallest absolute Gasteiger partial charge is 0.339 e. The van der Waals surface area contributed by atoms with Gasteiger partial charge in [0.1, 0.15) is 0 Å². The van der Waals surface area contributed by atoms with Crippen LogP contribution in [0, 0.1) is 5.41 Å². The molecule has 1 rings (SSSR count). The monoisotopic (exact) mass is 256 g/mol. The molecule has 0 heterocycles. The minimum absolute atomic E-state index is 0.357. The zero-order chi connectivity index (χ0) is 10.7. The molecular weight excluding hydrogens is 248 g/mol. The summed E-state index contributed by atoms with van der Waals surface area (Å²) in [4.78, 5) is 11.2. The van der Waals surface area contributed by atoms with E-state index in [0.29, 0.717) is 21.3 Å². The molecule has 0 spiro atoms. The first kappa shape index (κ1) is 10.7. The minimum Gasteiger partial charge on any atom is -0.465 e. The molecule has 0 fully saturated rings. The number of anilines is 1. The average molecular weight is 257 g/mol. The molecule has 0 saturated heterocycles. The molecule has 5 heteroatoms. The molecule has 1 aromatic rings. The van der Waals surface area contributed by atoms with E-state index in [4.69, 9.17) is 11.1 Å². The number of hydrogen-bond donors (Lipinski definition) is 2. The lowest BCUT2D eigenvalue weighted by Gasteiger charge is -2.06. The van der Waals surface area contributed by atoms with Crippen molar-refractivity contribution in [2.75, 3.05) is 12.8 Å². The van der Waals surface area contributed by atoms with Gasteiger partial charge in [-0.2, -0.15) is 0 Å². The molecule has 0 aliphatic carbocycles. The molecule has 0 atom stereocenters. The Kier molecular flexibility index (Phi) is 3.24. The lowest BCUT2D eigenvalue weighted by atomic mass is 10.1. The minimum atomic E-state index is -0.458. The summed E-state index contributed by atoms with van der Waals surface area (Å²) in [6, 6.07) is 3.09. The Balaban J connectivity index is 3.28. The molecule has 3 N–H and O–H groups in total. The second kappa shape index (κ2) is 4.23. The highest BCUT2D eigenvalue weighted by atomic mass is 79.9. The number of rotatable bonds is 2. The third-order valence-corrected chi connectivity index (χ3v) is 2.39. The number of nitrogen functional groups attached to an aromatic ring is 1. The summed E-state index contributed by atoms with van der Waals surface area (Å²) in [6.45, 7) is 0. The van der Waals surface area contributed by atoms with Crippen molar-refractivity contribution >= 4 is 33.8 Å². The number of halogens is 1. The summed E-state index contributed by atoms with van der Waals surface area (Å²) in [5.74, 6) is -0.458. The maximum atomic E-state index is 11.2. The molecule has 0 bridgehead atoms. The molecule has 0 aliphatic heterocycles. The Hall–Kier alpha value is -1.36.